The third-order valence-electron chi connectivity index (χ3n) is 4.23. The van der Waals surface area contributed by atoms with E-state index in [4.69, 9.17) is 5.14 Å². The third kappa shape index (κ3) is 3.54. The van der Waals surface area contributed by atoms with Crippen molar-refractivity contribution in [2.75, 3.05) is 0 Å². The number of hydrogen-bond donors (Lipinski definition) is 1. The van der Waals surface area contributed by atoms with E-state index in [0.717, 1.165) is 31.0 Å². The fourth-order valence-electron chi connectivity index (χ4n) is 3.07. The van der Waals surface area contributed by atoms with Crippen LogP contribution in [-0.4, -0.2) is 18.2 Å². The van der Waals surface area contributed by atoms with Gasteiger partial charge in [-0.05, 0) is 31.0 Å². The van der Waals surface area contributed by atoms with Gasteiger partial charge < -0.3 is 0 Å². The number of primary sulfonamides is 1. The normalized spacial score (nSPS) is 16.5. The molecule has 2 aromatic rings. The third-order valence-corrected chi connectivity index (χ3v) is 5.18. The molecule has 0 spiro atoms. The lowest BCUT2D eigenvalue weighted by Gasteiger charge is -2.14. The number of aromatic nitrogens is 2. The van der Waals surface area contributed by atoms with Crippen LogP contribution in [-0.2, 0) is 16.2 Å². The number of benzene rings is 1. The first kappa shape index (κ1) is 17.9. The van der Waals surface area contributed by atoms with Gasteiger partial charge in [0.1, 0.15) is 10.7 Å². The second-order valence-corrected chi connectivity index (χ2v) is 7.52. The highest BCUT2D eigenvalue weighted by Gasteiger charge is 2.36. The number of nitrogens with two attached hydrogens (primary N) is 1. The van der Waals surface area contributed by atoms with E-state index in [2.05, 4.69) is 5.10 Å². The van der Waals surface area contributed by atoms with Crippen LogP contribution in [0.4, 0.5) is 17.6 Å². The number of nitrogens with zero attached hydrogens (tertiary/aromatic N) is 2. The van der Waals surface area contributed by atoms with Crippen LogP contribution in [0.2, 0.25) is 0 Å². The van der Waals surface area contributed by atoms with Crippen molar-refractivity contribution in [3.8, 4) is 11.3 Å². The van der Waals surface area contributed by atoms with Gasteiger partial charge in [0.2, 0.25) is 10.0 Å². The lowest BCUT2D eigenvalue weighted by atomic mass is 10.1. The van der Waals surface area contributed by atoms with Crippen LogP contribution < -0.4 is 5.14 Å². The van der Waals surface area contributed by atoms with E-state index in [1.165, 1.54) is 10.7 Å². The Kier molecular flexibility index (Phi) is 4.36. The molecule has 1 aromatic heterocycles. The number of rotatable bonds is 3. The minimum Gasteiger partial charge on any atom is -0.261 e. The maximum Gasteiger partial charge on any atom is 0.435 e. The summed E-state index contributed by atoms with van der Waals surface area (Å²) in [4.78, 5) is -0.709. The summed E-state index contributed by atoms with van der Waals surface area (Å²) < 4.78 is 77.0. The lowest BCUT2D eigenvalue weighted by Crippen LogP contribution is -2.14. The molecule has 1 fully saturated rings. The molecule has 0 atom stereocenters. The van der Waals surface area contributed by atoms with Gasteiger partial charge in [0.05, 0.1) is 11.7 Å². The van der Waals surface area contributed by atoms with Crippen molar-refractivity contribution >= 4 is 10.0 Å². The molecule has 0 unspecified atom stereocenters. The SMILES string of the molecule is NS(=O)(=O)c1ccc(-c2cc(C(F)(F)F)nn2C2CCCC2)cc1F. The summed E-state index contributed by atoms with van der Waals surface area (Å²) in [7, 11) is -4.25. The van der Waals surface area contributed by atoms with Crippen molar-refractivity contribution in [3.63, 3.8) is 0 Å². The Bertz CT molecular complexity index is 900. The topological polar surface area (TPSA) is 78.0 Å². The van der Waals surface area contributed by atoms with E-state index >= 15 is 0 Å². The molecule has 0 bridgehead atoms. The Morgan fingerprint density at radius 1 is 1.16 bits per heavy atom. The first-order valence-electron chi connectivity index (χ1n) is 7.57. The molecule has 10 heteroatoms. The number of hydrogen-bond acceptors (Lipinski definition) is 3. The van der Waals surface area contributed by atoms with E-state index in [9.17, 15) is 26.0 Å². The molecular formula is C15H15F4N3O2S. The summed E-state index contributed by atoms with van der Waals surface area (Å²) >= 11 is 0. The first-order valence-corrected chi connectivity index (χ1v) is 9.11. The summed E-state index contributed by atoms with van der Waals surface area (Å²) in [5.74, 6) is -1.12. The fraction of sp³-hybridized carbons (Fsp3) is 0.400. The predicted molar refractivity (Wildman–Crippen MR) is 81.5 cm³/mol. The van der Waals surface area contributed by atoms with Gasteiger partial charge in [-0.15, -0.1) is 0 Å². The summed E-state index contributed by atoms with van der Waals surface area (Å²) in [6, 6.07) is 3.68. The summed E-state index contributed by atoms with van der Waals surface area (Å²) in [6.07, 6.45) is -1.50. The van der Waals surface area contributed by atoms with Crippen LogP contribution in [0.25, 0.3) is 11.3 Å². The van der Waals surface area contributed by atoms with Crippen molar-refractivity contribution in [3.05, 3.63) is 35.8 Å². The monoisotopic (exact) mass is 377 g/mol. The van der Waals surface area contributed by atoms with Crippen molar-refractivity contribution in [1.82, 2.24) is 9.78 Å². The van der Waals surface area contributed by atoms with Gasteiger partial charge in [-0.2, -0.15) is 18.3 Å². The van der Waals surface area contributed by atoms with Gasteiger partial charge in [0.25, 0.3) is 0 Å². The Hall–Kier alpha value is -1.94. The Morgan fingerprint density at radius 3 is 2.32 bits per heavy atom. The molecule has 0 radical (unpaired) electrons. The molecule has 136 valence electrons. The van der Waals surface area contributed by atoms with E-state index in [1.54, 1.807) is 0 Å². The van der Waals surface area contributed by atoms with E-state index in [0.29, 0.717) is 12.8 Å². The van der Waals surface area contributed by atoms with Crippen LogP contribution in [0.1, 0.15) is 37.4 Å². The Balaban J connectivity index is 2.12. The highest BCUT2D eigenvalue weighted by molar-refractivity contribution is 7.89. The van der Waals surface area contributed by atoms with Crippen molar-refractivity contribution < 1.29 is 26.0 Å². The van der Waals surface area contributed by atoms with Gasteiger partial charge in [0, 0.05) is 5.56 Å². The Labute approximate surface area is 141 Å². The predicted octanol–water partition coefficient (Wildman–Crippen LogP) is 3.47. The zero-order valence-corrected chi connectivity index (χ0v) is 13.7. The molecule has 1 aliphatic carbocycles. The lowest BCUT2D eigenvalue weighted by molar-refractivity contribution is -0.141. The van der Waals surface area contributed by atoms with E-state index in [-0.39, 0.29) is 17.3 Å². The second-order valence-electron chi connectivity index (χ2n) is 5.99. The highest BCUT2D eigenvalue weighted by Crippen LogP contribution is 2.37. The maximum atomic E-state index is 14.1. The first-order chi connectivity index (χ1) is 11.6. The average molecular weight is 377 g/mol. The molecule has 3 rings (SSSR count). The molecule has 0 saturated heterocycles. The zero-order valence-electron chi connectivity index (χ0n) is 12.9. The van der Waals surface area contributed by atoms with Crippen molar-refractivity contribution in [2.45, 2.75) is 42.8 Å². The summed E-state index contributed by atoms with van der Waals surface area (Å²) in [5.41, 5.74) is -0.857. The minimum atomic E-state index is -4.63. The molecule has 1 saturated carbocycles. The Morgan fingerprint density at radius 2 is 1.80 bits per heavy atom. The molecule has 25 heavy (non-hydrogen) atoms. The minimum absolute atomic E-state index is 0.0964. The number of halogens is 4. The number of alkyl halides is 3. The molecule has 0 amide bonds. The highest BCUT2D eigenvalue weighted by atomic mass is 32.2. The van der Waals surface area contributed by atoms with Gasteiger partial charge in [0.15, 0.2) is 5.69 Å². The molecular weight excluding hydrogens is 362 g/mol. The standard InChI is InChI=1S/C15H15F4N3O2S/c16-11-7-9(5-6-13(11)25(20,23)24)12-8-14(15(17,18)19)21-22(12)10-3-1-2-4-10/h5-8,10H,1-4H2,(H2,20,23,24). The quantitative estimate of drug-likeness (QED) is 0.832. The summed E-state index contributed by atoms with van der Waals surface area (Å²) in [6.45, 7) is 0. The van der Waals surface area contributed by atoms with Crippen LogP contribution in [0.15, 0.2) is 29.2 Å². The van der Waals surface area contributed by atoms with Gasteiger partial charge in [-0.3, -0.25) is 4.68 Å². The van der Waals surface area contributed by atoms with Crippen molar-refractivity contribution in [2.24, 2.45) is 5.14 Å². The molecule has 0 aliphatic heterocycles. The molecule has 1 heterocycles. The largest absolute Gasteiger partial charge is 0.435 e. The fourth-order valence-corrected chi connectivity index (χ4v) is 3.66. The van der Waals surface area contributed by atoms with Gasteiger partial charge in [-0.25, -0.2) is 17.9 Å². The van der Waals surface area contributed by atoms with Crippen LogP contribution in [0.3, 0.4) is 0 Å². The molecule has 5 nitrogen and oxygen atoms in total. The van der Waals surface area contributed by atoms with Crippen LogP contribution in [0, 0.1) is 5.82 Å². The van der Waals surface area contributed by atoms with Crippen LogP contribution >= 0.6 is 0 Å². The van der Waals surface area contributed by atoms with E-state index in [1.807, 2.05) is 0 Å². The van der Waals surface area contributed by atoms with Crippen LogP contribution in [0.5, 0.6) is 0 Å². The number of sulfonamides is 1. The average Bonchev–Trinajstić information content (AvgIpc) is 3.14. The molecule has 1 aliphatic rings. The van der Waals surface area contributed by atoms with Gasteiger partial charge in [-0.1, -0.05) is 18.9 Å². The smallest absolute Gasteiger partial charge is 0.261 e. The zero-order chi connectivity index (χ0) is 18.4. The summed E-state index contributed by atoms with van der Waals surface area (Å²) in [5, 5.41) is 8.57. The van der Waals surface area contributed by atoms with Gasteiger partial charge >= 0.3 is 6.18 Å². The van der Waals surface area contributed by atoms with E-state index < -0.39 is 32.6 Å². The maximum absolute atomic E-state index is 14.1. The van der Waals surface area contributed by atoms with Crippen molar-refractivity contribution in [1.29, 1.82) is 0 Å². The molecule has 2 N–H and O–H groups in total. The second kappa shape index (κ2) is 6.10. The molecule has 1 aromatic carbocycles.